The third-order valence-corrected chi connectivity index (χ3v) is 2.15. The highest BCUT2D eigenvalue weighted by atomic mass is 35.5. The van der Waals surface area contributed by atoms with E-state index in [-0.39, 0.29) is 12.4 Å². The van der Waals surface area contributed by atoms with Crippen LogP contribution in [0.25, 0.3) is 6.08 Å². The zero-order valence-electron chi connectivity index (χ0n) is 8.51. The van der Waals surface area contributed by atoms with Crippen molar-refractivity contribution in [3.8, 4) is 0 Å². The van der Waals surface area contributed by atoms with Crippen molar-refractivity contribution in [2.45, 2.75) is 12.8 Å². The Morgan fingerprint density at radius 1 is 1.40 bits per heavy atom. The normalized spacial score (nSPS) is 16.9. The fourth-order valence-electron chi connectivity index (χ4n) is 1.20. The maximum atomic E-state index is 5.06. The summed E-state index contributed by atoms with van der Waals surface area (Å²) in [5, 5.41) is 7.09. The third-order valence-electron chi connectivity index (χ3n) is 2.15. The largest absolute Gasteiger partial charge is 0.335 e. The van der Waals surface area contributed by atoms with Crippen molar-refractivity contribution >= 4 is 18.5 Å². The minimum atomic E-state index is 0. The quantitative estimate of drug-likeness (QED) is 0.800. The second-order valence-corrected chi connectivity index (χ2v) is 3.23. The maximum absolute atomic E-state index is 5.06. The molecule has 0 radical (unpaired) electrons. The lowest BCUT2D eigenvalue weighted by Gasteiger charge is -2.23. The molecule has 5 heteroatoms. The van der Waals surface area contributed by atoms with Gasteiger partial charge in [-0.1, -0.05) is 23.4 Å². The van der Waals surface area contributed by atoms with Crippen LogP contribution in [0.5, 0.6) is 0 Å². The van der Waals surface area contributed by atoms with E-state index in [2.05, 4.69) is 15.5 Å². The molecule has 1 fully saturated rings. The molecule has 0 atom stereocenters. The molecule has 0 saturated carbocycles. The van der Waals surface area contributed by atoms with Gasteiger partial charge in [-0.3, -0.25) is 0 Å². The summed E-state index contributed by atoms with van der Waals surface area (Å²) in [6, 6.07) is 0. The van der Waals surface area contributed by atoms with E-state index in [1.165, 1.54) is 0 Å². The first-order valence-corrected chi connectivity index (χ1v) is 4.74. The number of nitrogens with zero attached hydrogens (tertiary/aromatic N) is 2. The van der Waals surface area contributed by atoms with Crippen LogP contribution in [0.1, 0.15) is 24.6 Å². The Bertz CT molecular complexity index is 355. The first kappa shape index (κ1) is 11.9. The number of hydrogen-bond donors (Lipinski definition) is 1. The van der Waals surface area contributed by atoms with Gasteiger partial charge in [0, 0.05) is 25.1 Å². The smallest absolute Gasteiger partial charge is 0.250 e. The summed E-state index contributed by atoms with van der Waals surface area (Å²) in [5.41, 5.74) is 0. The number of aromatic nitrogens is 2. The minimum Gasteiger partial charge on any atom is -0.335 e. The van der Waals surface area contributed by atoms with Crippen molar-refractivity contribution in [2.75, 3.05) is 13.1 Å². The molecule has 82 valence electrons. The van der Waals surface area contributed by atoms with Gasteiger partial charge in [-0.2, -0.15) is 4.98 Å². The lowest BCUT2D eigenvalue weighted by Crippen LogP contribution is -2.40. The van der Waals surface area contributed by atoms with Crippen molar-refractivity contribution in [1.82, 2.24) is 15.5 Å². The van der Waals surface area contributed by atoms with Crippen molar-refractivity contribution in [2.24, 2.45) is 0 Å². The number of halogens is 1. The molecule has 1 aliphatic rings. The Morgan fingerprint density at radius 2 is 2.20 bits per heavy atom. The van der Waals surface area contributed by atoms with Crippen molar-refractivity contribution in [3.05, 3.63) is 29.9 Å². The second-order valence-electron chi connectivity index (χ2n) is 3.23. The molecular weight excluding hydrogens is 214 g/mol. The monoisotopic (exact) mass is 227 g/mol. The summed E-state index contributed by atoms with van der Waals surface area (Å²) in [7, 11) is 0. The zero-order chi connectivity index (χ0) is 9.80. The van der Waals surface area contributed by atoms with E-state index in [9.17, 15) is 0 Å². The van der Waals surface area contributed by atoms with Gasteiger partial charge in [-0.15, -0.1) is 12.4 Å². The molecule has 0 bridgehead atoms. The van der Waals surface area contributed by atoms with Crippen molar-refractivity contribution in [3.63, 3.8) is 0 Å². The molecule has 1 aromatic heterocycles. The zero-order valence-corrected chi connectivity index (χ0v) is 9.33. The molecule has 0 aliphatic carbocycles. The van der Waals surface area contributed by atoms with Crippen LogP contribution in [0.2, 0.25) is 0 Å². The molecule has 1 aliphatic heterocycles. The molecule has 2 rings (SSSR count). The van der Waals surface area contributed by atoms with Crippen LogP contribution in [0.3, 0.4) is 0 Å². The molecule has 0 unspecified atom stereocenters. The lowest BCUT2D eigenvalue weighted by atomic mass is 10.0. The SMILES string of the molecule is C/C=C/C=C/c1nc(C2CNC2)no1.Cl. The first-order valence-electron chi connectivity index (χ1n) is 4.74. The average molecular weight is 228 g/mol. The summed E-state index contributed by atoms with van der Waals surface area (Å²) in [5.74, 6) is 1.82. The van der Waals surface area contributed by atoms with Gasteiger partial charge < -0.3 is 9.84 Å². The van der Waals surface area contributed by atoms with Crippen LogP contribution in [0.15, 0.2) is 22.8 Å². The second kappa shape index (κ2) is 5.68. The predicted molar refractivity (Wildman–Crippen MR) is 61.0 cm³/mol. The van der Waals surface area contributed by atoms with Gasteiger partial charge in [0.1, 0.15) is 0 Å². The lowest BCUT2D eigenvalue weighted by molar-refractivity contribution is 0.373. The van der Waals surface area contributed by atoms with Gasteiger partial charge in [0.05, 0.1) is 0 Å². The number of hydrogen-bond acceptors (Lipinski definition) is 4. The first-order chi connectivity index (χ1) is 6.90. The average Bonchev–Trinajstić information content (AvgIpc) is 2.51. The molecule has 1 N–H and O–H groups in total. The number of rotatable bonds is 3. The van der Waals surface area contributed by atoms with Crippen LogP contribution in [-0.2, 0) is 0 Å². The van der Waals surface area contributed by atoms with Crippen molar-refractivity contribution in [1.29, 1.82) is 0 Å². The van der Waals surface area contributed by atoms with E-state index in [0.29, 0.717) is 11.8 Å². The number of allylic oxidation sites excluding steroid dienone is 3. The third kappa shape index (κ3) is 2.91. The maximum Gasteiger partial charge on any atom is 0.250 e. The Morgan fingerprint density at radius 3 is 2.80 bits per heavy atom. The van der Waals surface area contributed by atoms with Crippen LogP contribution < -0.4 is 5.32 Å². The van der Waals surface area contributed by atoms with E-state index >= 15 is 0 Å². The molecule has 0 aromatic carbocycles. The molecular formula is C10H14ClN3O. The summed E-state index contributed by atoms with van der Waals surface area (Å²) < 4.78 is 5.06. The van der Waals surface area contributed by atoms with Gasteiger partial charge >= 0.3 is 0 Å². The fraction of sp³-hybridized carbons (Fsp3) is 0.400. The Labute approximate surface area is 94.9 Å². The molecule has 1 aromatic rings. The van der Waals surface area contributed by atoms with E-state index in [1.807, 2.05) is 31.2 Å². The summed E-state index contributed by atoms with van der Waals surface area (Å²) >= 11 is 0. The molecule has 4 nitrogen and oxygen atoms in total. The fourth-order valence-corrected chi connectivity index (χ4v) is 1.20. The Balaban J connectivity index is 0.00000112. The van der Waals surface area contributed by atoms with Gasteiger partial charge in [0.15, 0.2) is 5.82 Å². The predicted octanol–water partition coefficient (Wildman–Crippen LogP) is 1.77. The topological polar surface area (TPSA) is 51.0 Å². The Hall–Kier alpha value is -1.13. The van der Waals surface area contributed by atoms with Gasteiger partial charge in [0.2, 0.25) is 0 Å². The van der Waals surface area contributed by atoms with Crippen LogP contribution in [0.4, 0.5) is 0 Å². The van der Waals surface area contributed by atoms with Gasteiger partial charge in [-0.05, 0) is 6.92 Å². The highest BCUT2D eigenvalue weighted by Gasteiger charge is 2.23. The van der Waals surface area contributed by atoms with E-state index in [0.717, 1.165) is 18.9 Å². The molecule has 2 heterocycles. The summed E-state index contributed by atoms with van der Waals surface area (Å²) in [6.07, 6.45) is 7.57. The standard InChI is InChI=1S/C10H13N3O.ClH/c1-2-3-4-5-9-12-10(13-14-9)8-6-11-7-8;/h2-5,8,11H,6-7H2,1H3;1H/b3-2+,5-4+;. The molecule has 0 spiro atoms. The summed E-state index contributed by atoms with van der Waals surface area (Å²) in [6.45, 7) is 3.87. The highest BCUT2D eigenvalue weighted by Crippen LogP contribution is 2.16. The van der Waals surface area contributed by atoms with Crippen LogP contribution in [0, 0.1) is 0 Å². The summed E-state index contributed by atoms with van der Waals surface area (Å²) in [4.78, 5) is 4.27. The van der Waals surface area contributed by atoms with Crippen LogP contribution in [-0.4, -0.2) is 23.2 Å². The van der Waals surface area contributed by atoms with Gasteiger partial charge in [-0.25, -0.2) is 0 Å². The molecule has 0 amide bonds. The van der Waals surface area contributed by atoms with Crippen molar-refractivity contribution < 1.29 is 4.52 Å². The minimum absolute atomic E-state index is 0. The van der Waals surface area contributed by atoms with Gasteiger partial charge in [0.25, 0.3) is 5.89 Å². The Kier molecular flexibility index (Phi) is 4.52. The van der Waals surface area contributed by atoms with Crippen LogP contribution >= 0.6 is 12.4 Å². The molecule has 15 heavy (non-hydrogen) atoms. The molecule has 1 saturated heterocycles. The van der Waals surface area contributed by atoms with E-state index < -0.39 is 0 Å². The van der Waals surface area contributed by atoms with E-state index in [4.69, 9.17) is 4.52 Å². The number of nitrogens with one attached hydrogen (secondary N) is 1. The highest BCUT2D eigenvalue weighted by molar-refractivity contribution is 5.85. The van der Waals surface area contributed by atoms with E-state index in [1.54, 1.807) is 0 Å².